The van der Waals surface area contributed by atoms with Gasteiger partial charge in [-0.25, -0.2) is 8.42 Å². The van der Waals surface area contributed by atoms with E-state index in [2.05, 4.69) is 15.9 Å². The zero-order valence-electron chi connectivity index (χ0n) is 11.5. The normalized spacial score (nSPS) is 13.6. The van der Waals surface area contributed by atoms with Crippen LogP contribution in [0.15, 0.2) is 22.7 Å². The van der Waals surface area contributed by atoms with Gasteiger partial charge in [-0.2, -0.15) is 26.3 Å². The lowest BCUT2D eigenvalue weighted by Gasteiger charge is -2.38. The van der Waals surface area contributed by atoms with E-state index >= 15 is 0 Å². The van der Waals surface area contributed by atoms with Crippen molar-refractivity contribution in [3.8, 4) is 0 Å². The largest absolute Gasteiger partial charge is 0.748 e. The lowest BCUT2D eigenvalue weighted by molar-refractivity contribution is -0.296. The Hall–Kier alpha value is -0.610. The SMILES string of the molecule is O=C(NC(CS(=O)(=O)[O-])(C(F)(F)F)C(F)(F)F)c1cc(Br)cc(I)c1. The smallest absolute Gasteiger partial charge is 0.421 e. The molecule has 0 saturated heterocycles. The van der Waals surface area contributed by atoms with Gasteiger partial charge in [0, 0.05) is 13.6 Å². The predicted molar refractivity (Wildman–Crippen MR) is 83.7 cm³/mol. The molecule has 0 heterocycles. The highest BCUT2D eigenvalue weighted by atomic mass is 127. The first kappa shape index (κ1) is 22.4. The van der Waals surface area contributed by atoms with Crippen molar-refractivity contribution in [1.29, 1.82) is 0 Å². The summed E-state index contributed by atoms with van der Waals surface area (Å²) in [6.45, 7) is 0. The van der Waals surface area contributed by atoms with E-state index < -0.39 is 45.2 Å². The summed E-state index contributed by atoms with van der Waals surface area (Å²) in [5.74, 6) is -4.78. The molecule has 0 aliphatic carbocycles. The molecule has 142 valence electrons. The Labute approximate surface area is 159 Å². The molecule has 0 unspecified atom stereocenters. The van der Waals surface area contributed by atoms with Crippen LogP contribution in [0.1, 0.15) is 10.4 Å². The Balaban J connectivity index is 3.49. The Morgan fingerprint density at radius 3 is 1.96 bits per heavy atom. The fourth-order valence-corrected chi connectivity index (χ4v) is 4.24. The molecule has 0 bridgehead atoms. The maximum atomic E-state index is 13.1. The molecule has 14 heteroatoms. The van der Waals surface area contributed by atoms with Crippen molar-refractivity contribution in [2.75, 3.05) is 5.75 Å². The van der Waals surface area contributed by atoms with Crippen molar-refractivity contribution in [2.24, 2.45) is 0 Å². The van der Waals surface area contributed by atoms with Gasteiger partial charge in [-0.1, -0.05) is 15.9 Å². The minimum absolute atomic E-state index is 0.186. The zero-order chi connectivity index (χ0) is 19.8. The molecule has 5 nitrogen and oxygen atoms in total. The summed E-state index contributed by atoms with van der Waals surface area (Å²) >= 11 is 4.57. The molecule has 0 saturated carbocycles. The fourth-order valence-electron chi connectivity index (χ4n) is 1.72. The highest BCUT2D eigenvalue weighted by molar-refractivity contribution is 14.1. The third kappa shape index (κ3) is 5.43. The summed E-state index contributed by atoms with van der Waals surface area (Å²) in [4.78, 5) is 11.9. The first-order valence-electron chi connectivity index (χ1n) is 5.84. The molecule has 0 aliphatic heterocycles. The van der Waals surface area contributed by atoms with Crippen LogP contribution in [0.4, 0.5) is 26.3 Å². The number of benzene rings is 1. The van der Waals surface area contributed by atoms with Crippen LogP contribution in [0.2, 0.25) is 0 Å². The minimum atomic E-state index is -6.29. The fraction of sp³-hybridized carbons (Fsp3) is 0.364. The Kier molecular flexibility index (Phi) is 6.45. The van der Waals surface area contributed by atoms with Gasteiger partial charge >= 0.3 is 12.4 Å². The van der Waals surface area contributed by atoms with Gasteiger partial charge in [-0.05, 0) is 40.8 Å². The first-order chi connectivity index (χ1) is 11.0. The summed E-state index contributed by atoms with van der Waals surface area (Å²) in [6, 6.07) is 3.32. The van der Waals surface area contributed by atoms with Gasteiger partial charge in [0.1, 0.15) is 0 Å². The molecular formula is C11H6BrF6INO4S-. The van der Waals surface area contributed by atoms with Crippen LogP contribution in [-0.2, 0) is 10.1 Å². The molecule has 0 fully saturated rings. The molecule has 0 radical (unpaired) electrons. The van der Waals surface area contributed by atoms with Gasteiger partial charge in [-0.15, -0.1) is 0 Å². The number of hydrogen-bond acceptors (Lipinski definition) is 4. The van der Waals surface area contributed by atoms with Crippen LogP contribution in [0.5, 0.6) is 0 Å². The van der Waals surface area contributed by atoms with E-state index in [1.807, 2.05) is 0 Å². The average molecular weight is 569 g/mol. The first-order valence-corrected chi connectivity index (χ1v) is 9.29. The lowest BCUT2D eigenvalue weighted by atomic mass is 9.99. The molecule has 25 heavy (non-hydrogen) atoms. The third-order valence-corrected chi connectivity index (χ3v) is 4.68. The van der Waals surface area contributed by atoms with E-state index in [1.165, 1.54) is 6.07 Å². The van der Waals surface area contributed by atoms with Crippen molar-refractivity contribution in [2.45, 2.75) is 17.9 Å². The number of hydrogen-bond donors (Lipinski definition) is 1. The number of alkyl halides is 6. The summed E-state index contributed by atoms with van der Waals surface area (Å²) in [7, 11) is -6.01. The summed E-state index contributed by atoms with van der Waals surface area (Å²) < 4.78 is 111. The standard InChI is InChI=1S/C11H7BrF6INO4S/c12-6-1-5(2-7(19)3-6)8(21)20-9(10(13,14)15,11(16,17)18)4-25(22,23)24/h1-3H,4H2,(H,20,21)(H,22,23,24)/p-1. The van der Waals surface area contributed by atoms with Gasteiger partial charge < -0.3 is 9.87 Å². The molecule has 1 N–H and O–H groups in total. The van der Waals surface area contributed by atoms with E-state index in [-0.39, 0.29) is 4.47 Å². The van der Waals surface area contributed by atoms with Gasteiger partial charge in [0.25, 0.3) is 5.91 Å². The summed E-state index contributed by atoms with van der Waals surface area (Å²) in [6.07, 6.45) is -12.6. The van der Waals surface area contributed by atoms with Gasteiger partial charge in [-0.3, -0.25) is 4.79 Å². The predicted octanol–water partition coefficient (Wildman–Crippen LogP) is 3.19. The second kappa shape index (κ2) is 7.19. The highest BCUT2D eigenvalue weighted by Crippen LogP contribution is 2.44. The molecule has 0 aliphatic rings. The Bertz CT molecular complexity index is 746. The third-order valence-electron chi connectivity index (χ3n) is 2.81. The summed E-state index contributed by atoms with van der Waals surface area (Å²) in [5.41, 5.74) is -5.84. The Morgan fingerprint density at radius 1 is 1.12 bits per heavy atom. The van der Waals surface area contributed by atoms with E-state index in [0.29, 0.717) is 8.89 Å². The number of carbonyl (C=O) groups is 1. The van der Waals surface area contributed by atoms with Crippen molar-refractivity contribution in [3.05, 3.63) is 31.8 Å². The molecular weight excluding hydrogens is 563 g/mol. The highest BCUT2D eigenvalue weighted by Gasteiger charge is 2.72. The molecule has 1 amide bonds. The van der Waals surface area contributed by atoms with Crippen molar-refractivity contribution < 1.29 is 44.1 Å². The maximum Gasteiger partial charge on any atom is 0.421 e. The van der Waals surface area contributed by atoms with Crippen LogP contribution in [0.25, 0.3) is 0 Å². The quantitative estimate of drug-likeness (QED) is 0.343. The Morgan fingerprint density at radius 2 is 1.60 bits per heavy atom. The lowest BCUT2D eigenvalue weighted by Crippen LogP contribution is -2.70. The minimum Gasteiger partial charge on any atom is -0.748 e. The van der Waals surface area contributed by atoms with Crippen molar-refractivity contribution in [1.82, 2.24) is 5.32 Å². The topological polar surface area (TPSA) is 86.3 Å². The van der Waals surface area contributed by atoms with E-state index in [4.69, 9.17) is 0 Å². The molecule has 0 spiro atoms. The van der Waals surface area contributed by atoms with Crippen molar-refractivity contribution in [3.63, 3.8) is 0 Å². The number of amides is 1. The monoisotopic (exact) mass is 568 g/mol. The van der Waals surface area contributed by atoms with E-state index in [9.17, 15) is 44.1 Å². The molecule has 1 aromatic rings. The number of halogens is 8. The van der Waals surface area contributed by atoms with Crippen LogP contribution in [0, 0.1) is 3.57 Å². The molecule has 1 rings (SSSR count). The second-order valence-electron chi connectivity index (χ2n) is 4.72. The molecule has 0 aromatic heterocycles. The van der Waals surface area contributed by atoms with Gasteiger partial charge in [0.2, 0.25) is 5.54 Å². The van der Waals surface area contributed by atoms with Gasteiger partial charge in [0.05, 0.1) is 15.9 Å². The number of rotatable bonds is 4. The zero-order valence-corrected chi connectivity index (χ0v) is 16.1. The van der Waals surface area contributed by atoms with Crippen LogP contribution in [0.3, 0.4) is 0 Å². The molecule has 1 aromatic carbocycles. The van der Waals surface area contributed by atoms with Crippen LogP contribution in [-0.4, -0.2) is 42.5 Å². The number of nitrogens with one attached hydrogen (secondary N) is 1. The van der Waals surface area contributed by atoms with Gasteiger partial charge in [0.15, 0.2) is 0 Å². The van der Waals surface area contributed by atoms with E-state index in [0.717, 1.165) is 12.1 Å². The molecule has 0 atom stereocenters. The van der Waals surface area contributed by atoms with Crippen LogP contribution >= 0.6 is 38.5 Å². The van der Waals surface area contributed by atoms with Crippen molar-refractivity contribution >= 4 is 54.5 Å². The summed E-state index contributed by atoms with van der Waals surface area (Å²) in [5, 5.41) is 0.645. The van der Waals surface area contributed by atoms with E-state index in [1.54, 1.807) is 22.6 Å². The maximum absolute atomic E-state index is 13.1. The number of carbonyl (C=O) groups excluding carboxylic acids is 1. The average Bonchev–Trinajstić information content (AvgIpc) is 2.32. The second-order valence-corrected chi connectivity index (χ2v) is 8.28. The van der Waals surface area contributed by atoms with Crippen LogP contribution < -0.4 is 5.32 Å².